The number of phenolic OH excluding ortho intramolecular Hbond substituents is 2. The van der Waals surface area contributed by atoms with Crippen LogP contribution in [0.1, 0.15) is 0 Å². The maximum Gasteiger partial charge on any atom is 0.546 e. The van der Waals surface area contributed by atoms with Crippen molar-refractivity contribution in [3.05, 3.63) is 18.2 Å². The van der Waals surface area contributed by atoms with Crippen LogP contribution in [-0.4, -0.2) is 15.1 Å². The van der Waals surface area contributed by atoms with Crippen molar-refractivity contribution in [2.24, 2.45) is 0 Å². The van der Waals surface area contributed by atoms with Gasteiger partial charge < -0.3 is 10.2 Å². The number of aromatic hydroxyl groups is 2. The number of rotatable bonds is 1. The highest BCUT2D eigenvalue weighted by Crippen LogP contribution is 2.21. The molecule has 1 rings (SSSR count). The van der Waals surface area contributed by atoms with Crippen LogP contribution < -0.4 is 5.30 Å². The first-order chi connectivity index (χ1) is 5.09. The molecule has 4 nitrogen and oxygen atoms in total. The Morgan fingerprint density at radius 2 is 1.55 bits per heavy atom. The van der Waals surface area contributed by atoms with E-state index in [0.717, 1.165) is 18.2 Å². The SMILES string of the molecule is O=[P+](O)c1cc(O)cc(O)c1. The molecular weight excluding hydrogens is 167 g/mol. The Balaban J connectivity index is 3.19. The van der Waals surface area contributed by atoms with Crippen molar-refractivity contribution < 1.29 is 19.7 Å². The van der Waals surface area contributed by atoms with Gasteiger partial charge in [-0.15, -0.1) is 0 Å². The molecule has 0 amide bonds. The summed E-state index contributed by atoms with van der Waals surface area (Å²) >= 11 is 0. The van der Waals surface area contributed by atoms with Gasteiger partial charge in [0.2, 0.25) is 5.30 Å². The van der Waals surface area contributed by atoms with Gasteiger partial charge in [0.05, 0.1) is 0 Å². The second-order valence-corrected chi connectivity index (χ2v) is 3.04. The molecule has 11 heavy (non-hydrogen) atoms. The second-order valence-electron chi connectivity index (χ2n) is 1.98. The first-order valence-corrected chi connectivity index (χ1v) is 4.00. The van der Waals surface area contributed by atoms with Crippen LogP contribution in [0.15, 0.2) is 18.2 Å². The average Bonchev–Trinajstić information content (AvgIpc) is 1.85. The quantitative estimate of drug-likeness (QED) is 0.539. The van der Waals surface area contributed by atoms with E-state index in [1.54, 1.807) is 0 Å². The Bertz CT molecular complexity index is 276. The molecule has 0 radical (unpaired) electrons. The highest BCUT2D eigenvalue weighted by Gasteiger charge is 2.17. The van der Waals surface area contributed by atoms with Gasteiger partial charge in [0, 0.05) is 18.2 Å². The molecule has 0 aliphatic rings. The lowest BCUT2D eigenvalue weighted by molar-refractivity contribution is 0.450. The van der Waals surface area contributed by atoms with Gasteiger partial charge in [-0.1, -0.05) is 0 Å². The second kappa shape index (κ2) is 2.86. The molecule has 0 bridgehead atoms. The molecule has 0 aliphatic heterocycles. The third-order valence-corrected chi connectivity index (χ3v) is 1.81. The first-order valence-electron chi connectivity index (χ1n) is 2.79. The van der Waals surface area contributed by atoms with Gasteiger partial charge in [0.1, 0.15) is 11.5 Å². The van der Waals surface area contributed by atoms with Crippen molar-refractivity contribution in [2.75, 3.05) is 0 Å². The topological polar surface area (TPSA) is 77.8 Å². The molecule has 0 heterocycles. The van der Waals surface area contributed by atoms with Crippen LogP contribution in [0.3, 0.4) is 0 Å². The molecule has 0 fully saturated rings. The predicted molar refractivity (Wildman–Crippen MR) is 39.2 cm³/mol. The zero-order valence-corrected chi connectivity index (χ0v) is 6.32. The van der Waals surface area contributed by atoms with E-state index in [1.165, 1.54) is 0 Å². The third-order valence-electron chi connectivity index (χ3n) is 1.11. The third kappa shape index (κ3) is 1.90. The summed E-state index contributed by atoms with van der Waals surface area (Å²) < 4.78 is 10.4. The van der Waals surface area contributed by atoms with Gasteiger partial charge in [0.15, 0.2) is 0 Å². The fraction of sp³-hybridized carbons (Fsp3) is 0. The lowest BCUT2D eigenvalue weighted by Crippen LogP contribution is -1.93. The molecule has 0 saturated heterocycles. The zero-order chi connectivity index (χ0) is 8.43. The monoisotopic (exact) mass is 173 g/mol. The Labute approximate surface area is 63.6 Å². The van der Waals surface area contributed by atoms with Gasteiger partial charge in [0.25, 0.3) is 0 Å². The lowest BCUT2D eigenvalue weighted by atomic mass is 10.3. The molecular formula is C6H6O4P+. The maximum absolute atomic E-state index is 10.4. The molecule has 0 saturated carbocycles. The van der Waals surface area contributed by atoms with Crippen molar-refractivity contribution in [3.63, 3.8) is 0 Å². The molecule has 0 spiro atoms. The van der Waals surface area contributed by atoms with E-state index >= 15 is 0 Å². The fourth-order valence-electron chi connectivity index (χ4n) is 0.690. The Morgan fingerprint density at radius 3 is 1.91 bits per heavy atom. The van der Waals surface area contributed by atoms with Crippen LogP contribution >= 0.6 is 8.03 Å². The average molecular weight is 173 g/mol. The summed E-state index contributed by atoms with van der Waals surface area (Å²) in [5, 5.41) is 17.7. The van der Waals surface area contributed by atoms with E-state index in [0.29, 0.717) is 0 Å². The molecule has 1 aromatic rings. The molecule has 3 N–H and O–H groups in total. The summed E-state index contributed by atoms with van der Waals surface area (Å²) in [5.74, 6) is -0.449. The van der Waals surface area contributed by atoms with Crippen molar-refractivity contribution in [1.29, 1.82) is 0 Å². The smallest absolute Gasteiger partial charge is 0.508 e. The Kier molecular flexibility index (Phi) is 2.08. The van der Waals surface area contributed by atoms with E-state index in [9.17, 15) is 4.57 Å². The number of hydrogen-bond acceptors (Lipinski definition) is 3. The largest absolute Gasteiger partial charge is 0.546 e. The van der Waals surface area contributed by atoms with E-state index in [2.05, 4.69) is 0 Å². The van der Waals surface area contributed by atoms with E-state index < -0.39 is 8.03 Å². The molecule has 0 aliphatic carbocycles. The number of hydrogen-bond donors (Lipinski definition) is 3. The molecule has 5 heteroatoms. The summed E-state index contributed by atoms with van der Waals surface area (Å²) in [5.41, 5.74) is 0. The van der Waals surface area contributed by atoms with Crippen molar-refractivity contribution in [3.8, 4) is 11.5 Å². The first kappa shape index (κ1) is 7.98. The van der Waals surface area contributed by atoms with Crippen LogP contribution in [0.25, 0.3) is 0 Å². The van der Waals surface area contributed by atoms with E-state index in [4.69, 9.17) is 15.1 Å². The molecule has 0 aromatic heterocycles. The van der Waals surface area contributed by atoms with Gasteiger partial charge in [-0.2, -0.15) is 4.89 Å². The zero-order valence-electron chi connectivity index (χ0n) is 5.43. The maximum atomic E-state index is 10.4. The molecule has 1 atom stereocenters. The van der Waals surface area contributed by atoms with Gasteiger partial charge in [-0.25, -0.2) is 0 Å². The summed E-state index contributed by atoms with van der Waals surface area (Å²) in [6.45, 7) is 0. The van der Waals surface area contributed by atoms with Crippen molar-refractivity contribution >= 4 is 13.3 Å². The van der Waals surface area contributed by atoms with Gasteiger partial charge in [-0.3, -0.25) is 0 Å². The highest BCUT2D eigenvalue weighted by molar-refractivity contribution is 7.47. The molecule has 1 aromatic carbocycles. The minimum absolute atomic E-state index is 0.0116. The normalized spacial score (nSPS) is 11.2. The number of benzene rings is 1. The highest BCUT2D eigenvalue weighted by atomic mass is 31.1. The van der Waals surface area contributed by atoms with Crippen LogP contribution in [-0.2, 0) is 4.57 Å². The fourth-order valence-corrected chi connectivity index (χ4v) is 1.18. The lowest BCUT2D eigenvalue weighted by Gasteiger charge is -1.91. The Morgan fingerprint density at radius 1 is 1.09 bits per heavy atom. The van der Waals surface area contributed by atoms with Crippen molar-refractivity contribution in [1.82, 2.24) is 0 Å². The van der Waals surface area contributed by atoms with Crippen molar-refractivity contribution in [2.45, 2.75) is 0 Å². The minimum atomic E-state index is -2.50. The summed E-state index contributed by atoms with van der Waals surface area (Å²) in [6, 6.07) is 3.33. The summed E-state index contributed by atoms with van der Waals surface area (Å²) in [6.07, 6.45) is 0. The molecule has 58 valence electrons. The standard InChI is InChI=1S/C6H5O4P/c7-4-1-5(8)3-6(2-4)11(9)10/h1-3H,(H2-,7,8,9,10)/p+1. The predicted octanol–water partition coefficient (Wildman–Crippen LogP) is 0.458. The van der Waals surface area contributed by atoms with E-state index in [1.807, 2.05) is 0 Å². The Hall–Kier alpha value is -1.12. The van der Waals surface area contributed by atoms with Crippen LogP contribution in [0.5, 0.6) is 11.5 Å². The minimum Gasteiger partial charge on any atom is -0.508 e. The summed E-state index contributed by atoms with van der Waals surface area (Å²) in [4.78, 5) is 8.56. The van der Waals surface area contributed by atoms with Crippen LogP contribution in [0.4, 0.5) is 0 Å². The number of phenols is 2. The van der Waals surface area contributed by atoms with Gasteiger partial charge >= 0.3 is 8.03 Å². The molecule has 1 unspecified atom stereocenters. The van der Waals surface area contributed by atoms with E-state index in [-0.39, 0.29) is 16.8 Å². The van der Waals surface area contributed by atoms with Gasteiger partial charge in [-0.05, 0) is 4.57 Å². The summed E-state index contributed by atoms with van der Waals surface area (Å²) in [7, 11) is -2.50. The van der Waals surface area contributed by atoms with Crippen LogP contribution in [0.2, 0.25) is 0 Å². The van der Waals surface area contributed by atoms with Crippen LogP contribution in [0, 0.1) is 0 Å².